The molecule has 1 saturated heterocycles. The van der Waals surface area contributed by atoms with E-state index in [4.69, 9.17) is 4.74 Å². The van der Waals surface area contributed by atoms with Crippen LogP contribution >= 0.6 is 0 Å². The van der Waals surface area contributed by atoms with Gasteiger partial charge in [-0.05, 0) is 40.8 Å². The molecular weight excluding hydrogens is 270 g/mol. The van der Waals surface area contributed by atoms with E-state index in [1.165, 1.54) is 22.4 Å². The summed E-state index contributed by atoms with van der Waals surface area (Å²) in [4.78, 5) is 2.37. The van der Waals surface area contributed by atoms with Crippen LogP contribution in [0.25, 0.3) is 5.57 Å². The van der Waals surface area contributed by atoms with E-state index in [9.17, 15) is 0 Å². The molecule has 0 aromatic heterocycles. The van der Waals surface area contributed by atoms with Crippen molar-refractivity contribution in [3.05, 3.63) is 71.8 Å². The predicted octanol–water partition coefficient (Wildman–Crippen LogP) is 4.15. The normalized spacial score (nSPS) is 14.9. The molecule has 1 aliphatic heterocycles. The van der Waals surface area contributed by atoms with Crippen LogP contribution in [0.3, 0.4) is 0 Å². The van der Waals surface area contributed by atoms with Gasteiger partial charge in [0.15, 0.2) is 0 Å². The van der Waals surface area contributed by atoms with Crippen molar-refractivity contribution in [2.24, 2.45) is 0 Å². The highest BCUT2D eigenvalue weighted by Gasteiger charge is 2.11. The van der Waals surface area contributed by atoms with Crippen molar-refractivity contribution in [1.29, 1.82) is 0 Å². The van der Waals surface area contributed by atoms with E-state index in [0.717, 1.165) is 38.3 Å². The van der Waals surface area contributed by atoms with Gasteiger partial charge in [-0.1, -0.05) is 49.9 Å². The second kappa shape index (κ2) is 6.80. The molecular formula is C20H23NO. The van der Waals surface area contributed by atoms with E-state index in [2.05, 4.69) is 66.9 Å². The maximum atomic E-state index is 5.40. The molecule has 114 valence electrons. The van der Waals surface area contributed by atoms with Crippen LogP contribution in [0, 0.1) is 0 Å². The molecule has 0 atom stereocenters. The third-order valence-corrected chi connectivity index (χ3v) is 4.30. The van der Waals surface area contributed by atoms with Gasteiger partial charge in [0.2, 0.25) is 0 Å². The smallest absolute Gasteiger partial charge is 0.0642 e. The van der Waals surface area contributed by atoms with Crippen LogP contribution < -0.4 is 4.90 Å². The molecule has 0 radical (unpaired) electrons. The summed E-state index contributed by atoms with van der Waals surface area (Å²) in [6.07, 6.45) is 1.07. The van der Waals surface area contributed by atoms with Crippen molar-refractivity contribution in [1.82, 2.24) is 0 Å². The average Bonchev–Trinajstić information content (AvgIpc) is 2.62. The van der Waals surface area contributed by atoms with Crippen molar-refractivity contribution in [2.45, 2.75) is 13.3 Å². The Balaban J connectivity index is 1.74. The summed E-state index contributed by atoms with van der Waals surface area (Å²) in [5, 5.41) is 0. The molecule has 1 fully saturated rings. The number of hydrogen-bond donors (Lipinski definition) is 0. The molecule has 3 rings (SSSR count). The SMILES string of the molecule is C=C(c1ccc(CC)cc1)c1ccc(N2CCOCC2)cc1. The summed E-state index contributed by atoms with van der Waals surface area (Å²) in [7, 11) is 0. The standard InChI is InChI=1S/C20H23NO/c1-3-17-4-6-18(7-5-17)16(2)19-8-10-20(11-9-19)21-12-14-22-15-13-21/h4-11H,2-3,12-15H2,1H3. The van der Waals surface area contributed by atoms with Crippen LogP contribution in [-0.2, 0) is 11.2 Å². The van der Waals surface area contributed by atoms with Gasteiger partial charge in [0.1, 0.15) is 0 Å². The molecule has 1 heterocycles. The van der Waals surface area contributed by atoms with E-state index >= 15 is 0 Å². The van der Waals surface area contributed by atoms with Crippen molar-refractivity contribution in [3.63, 3.8) is 0 Å². The fourth-order valence-corrected chi connectivity index (χ4v) is 2.80. The van der Waals surface area contributed by atoms with Gasteiger partial charge in [-0.25, -0.2) is 0 Å². The Morgan fingerprint density at radius 2 is 1.50 bits per heavy atom. The maximum Gasteiger partial charge on any atom is 0.0642 e. The Bertz CT molecular complexity index is 622. The Morgan fingerprint density at radius 3 is 2.05 bits per heavy atom. The first-order valence-corrected chi connectivity index (χ1v) is 7.99. The Morgan fingerprint density at radius 1 is 0.955 bits per heavy atom. The molecule has 22 heavy (non-hydrogen) atoms. The number of hydrogen-bond acceptors (Lipinski definition) is 2. The Labute approximate surface area is 133 Å². The molecule has 0 bridgehead atoms. The van der Waals surface area contributed by atoms with Crippen LogP contribution in [0.5, 0.6) is 0 Å². The molecule has 0 N–H and O–H groups in total. The second-order valence-electron chi connectivity index (χ2n) is 5.68. The van der Waals surface area contributed by atoms with Crippen molar-refractivity contribution in [2.75, 3.05) is 31.2 Å². The zero-order valence-electron chi connectivity index (χ0n) is 13.2. The molecule has 2 nitrogen and oxygen atoms in total. The monoisotopic (exact) mass is 293 g/mol. The first-order valence-electron chi connectivity index (χ1n) is 7.99. The lowest BCUT2D eigenvalue weighted by Crippen LogP contribution is -2.36. The number of morpholine rings is 1. The summed E-state index contributed by atoms with van der Waals surface area (Å²) < 4.78 is 5.40. The lowest BCUT2D eigenvalue weighted by molar-refractivity contribution is 0.122. The quantitative estimate of drug-likeness (QED) is 0.840. The van der Waals surface area contributed by atoms with E-state index in [0.29, 0.717) is 0 Å². The van der Waals surface area contributed by atoms with E-state index in [1.54, 1.807) is 0 Å². The average molecular weight is 293 g/mol. The minimum Gasteiger partial charge on any atom is -0.378 e. The molecule has 0 unspecified atom stereocenters. The van der Waals surface area contributed by atoms with Gasteiger partial charge < -0.3 is 9.64 Å². The summed E-state index contributed by atoms with van der Waals surface area (Å²) in [5.74, 6) is 0. The molecule has 2 heteroatoms. The molecule has 0 saturated carbocycles. The predicted molar refractivity (Wildman–Crippen MR) is 93.4 cm³/mol. The summed E-state index contributed by atoms with van der Waals surface area (Å²) >= 11 is 0. The van der Waals surface area contributed by atoms with Crippen molar-refractivity contribution < 1.29 is 4.74 Å². The lowest BCUT2D eigenvalue weighted by atomic mass is 9.98. The van der Waals surface area contributed by atoms with Gasteiger partial charge in [-0.3, -0.25) is 0 Å². The van der Waals surface area contributed by atoms with Crippen LogP contribution in [0.1, 0.15) is 23.6 Å². The first-order chi connectivity index (χ1) is 10.8. The van der Waals surface area contributed by atoms with Gasteiger partial charge >= 0.3 is 0 Å². The minimum atomic E-state index is 0.818. The number of aryl methyl sites for hydroxylation is 1. The lowest BCUT2D eigenvalue weighted by Gasteiger charge is -2.29. The van der Waals surface area contributed by atoms with Crippen molar-refractivity contribution >= 4 is 11.3 Å². The molecule has 2 aromatic carbocycles. The van der Waals surface area contributed by atoms with Gasteiger partial charge in [0, 0.05) is 18.8 Å². The zero-order valence-corrected chi connectivity index (χ0v) is 13.2. The Kier molecular flexibility index (Phi) is 4.59. The van der Waals surface area contributed by atoms with E-state index in [1.807, 2.05) is 0 Å². The third kappa shape index (κ3) is 3.23. The molecule has 0 spiro atoms. The summed E-state index contributed by atoms with van der Waals surface area (Å²) in [5.41, 5.74) is 6.08. The van der Waals surface area contributed by atoms with Crippen LogP contribution in [-0.4, -0.2) is 26.3 Å². The highest BCUT2D eigenvalue weighted by atomic mass is 16.5. The van der Waals surface area contributed by atoms with Crippen LogP contribution in [0.4, 0.5) is 5.69 Å². The van der Waals surface area contributed by atoms with Crippen LogP contribution in [0.15, 0.2) is 55.1 Å². The number of ether oxygens (including phenoxy) is 1. The number of rotatable bonds is 4. The van der Waals surface area contributed by atoms with E-state index in [-0.39, 0.29) is 0 Å². The highest BCUT2D eigenvalue weighted by molar-refractivity contribution is 5.78. The van der Waals surface area contributed by atoms with E-state index < -0.39 is 0 Å². The number of nitrogens with zero attached hydrogens (tertiary/aromatic N) is 1. The number of anilines is 1. The largest absolute Gasteiger partial charge is 0.378 e. The van der Waals surface area contributed by atoms with Gasteiger partial charge in [-0.2, -0.15) is 0 Å². The fraction of sp³-hybridized carbons (Fsp3) is 0.300. The van der Waals surface area contributed by atoms with Gasteiger partial charge in [0.05, 0.1) is 13.2 Å². The Hall–Kier alpha value is -2.06. The summed E-state index contributed by atoms with van der Waals surface area (Å²) in [6, 6.07) is 17.4. The first kappa shape index (κ1) is 14.9. The fourth-order valence-electron chi connectivity index (χ4n) is 2.80. The molecule has 0 amide bonds. The van der Waals surface area contributed by atoms with Crippen molar-refractivity contribution in [3.8, 4) is 0 Å². The minimum absolute atomic E-state index is 0.818. The maximum absolute atomic E-state index is 5.40. The summed E-state index contributed by atoms with van der Waals surface area (Å²) in [6.45, 7) is 10.0. The van der Waals surface area contributed by atoms with Gasteiger partial charge in [0.25, 0.3) is 0 Å². The van der Waals surface area contributed by atoms with Gasteiger partial charge in [-0.15, -0.1) is 0 Å². The zero-order chi connectivity index (χ0) is 15.4. The number of benzene rings is 2. The third-order valence-electron chi connectivity index (χ3n) is 4.30. The molecule has 1 aliphatic rings. The highest BCUT2D eigenvalue weighted by Crippen LogP contribution is 2.25. The second-order valence-corrected chi connectivity index (χ2v) is 5.68. The van der Waals surface area contributed by atoms with Crippen LogP contribution in [0.2, 0.25) is 0 Å². The molecule has 0 aliphatic carbocycles. The molecule has 2 aromatic rings. The topological polar surface area (TPSA) is 12.5 Å².